The first kappa shape index (κ1) is 6.46. The van der Waals surface area contributed by atoms with E-state index >= 15 is 0 Å². The molecule has 5 heteroatoms. The number of aromatic amines is 1. The molecule has 0 aliphatic carbocycles. The van der Waals surface area contributed by atoms with Crippen molar-refractivity contribution >= 4 is 5.82 Å². The number of hydrogen-bond donors (Lipinski definition) is 2. The number of nitrogens with one attached hydrogen (secondary N) is 1. The Labute approximate surface area is 51.0 Å². The summed E-state index contributed by atoms with van der Waals surface area (Å²) in [5.41, 5.74) is 5.07. The number of H-pyrrole nitrogens is 1. The molecule has 0 bridgehead atoms. The smallest absolute Gasteiger partial charge is 0.165 e. The molecule has 1 heterocycles. The van der Waals surface area contributed by atoms with Crippen molar-refractivity contribution in [1.29, 1.82) is 0 Å². The van der Waals surface area contributed by atoms with Gasteiger partial charge in [0.2, 0.25) is 0 Å². The normalized spacial score (nSPS) is 7.43. The molecule has 0 amide bonds. The first-order valence-electron chi connectivity index (χ1n) is 1.51. The maximum atomic E-state index is 5.07. The Kier molecular flexibility index (Phi) is 2.40. The number of nitrogen functional groups attached to an aromatic ring is 1. The van der Waals surface area contributed by atoms with Gasteiger partial charge in [-0.1, -0.05) is 5.21 Å². The van der Waals surface area contributed by atoms with Gasteiger partial charge in [0, 0.05) is 17.1 Å². The second-order valence-corrected chi connectivity index (χ2v) is 0.898. The van der Waals surface area contributed by atoms with Crippen molar-refractivity contribution in [2.75, 3.05) is 5.73 Å². The molecule has 0 saturated heterocycles. The number of nitrogens with zero attached hydrogens (tertiary/aromatic N) is 2. The van der Waals surface area contributed by atoms with Crippen LogP contribution in [-0.2, 0) is 17.1 Å². The molecular formula is C2H4CuN4. The van der Waals surface area contributed by atoms with E-state index < -0.39 is 0 Å². The van der Waals surface area contributed by atoms with Gasteiger partial charge in [-0.05, 0) is 0 Å². The summed E-state index contributed by atoms with van der Waals surface area (Å²) in [4.78, 5) is 0. The minimum atomic E-state index is 0. The van der Waals surface area contributed by atoms with Gasteiger partial charge in [-0.2, -0.15) is 0 Å². The van der Waals surface area contributed by atoms with E-state index in [0.717, 1.165) is 0 Å². The summed E-state index contributed by atoms with van der Waals surface area (Å²) in [6.07, 6.45) is 1.51. The van der Waals surface area contributed by atoms with Crippen LogP contribution in [0.5, 0.6) is 0 Å². The zero-order valence-electron chi connectivity index (χ0n) is 3.35. The third kappa shape index (κ3) is 1.57. The SMILES string of the molecule is Nc1c[nH]nn1.[Cu]. The summed E-state index contributed by atoms with van der Waals surface area (Å²) in [6.45, 7) is 0. The van der Waals surface area contributed by atoms with Crippen LogP contribution in [-0.4, -0.2) is 15.4 Å². The van der Waals surface area contributed by atoms with E-state index in [0.29, 0.717) is 5.82 Å². The molecule has 1 aromatic rings. The van der Waals surface area contributed by atoms with Crippen LogP contribution in [0.1, 0.15) is 0 Å². The zero-order valence-corrected chi connectivity index (χ0v) is 4.29. The molecule has 3 N–H and O–H groups in total. The van der Waals surface area contributed by atoms with Crippen LogP contribution in [0.3, 0.4) is 0 Å². The van der Waals surface area contributed by atoms with Gasteiger partial charge < -0.3 is 5.73 Å². The minimum Gasteiger partial charge on any atom is -0.381 e. The molecule has 0 aliphatic rings. The molecule has 0 aromatic carbocycles. The summed E-state index contributed by atoms with van der Waals surface area (Å²) >= 11 is 0. The first-order chi connectivity index (χ1) is 2.89. The van der Waals surface area contributed by atoms with Crippen molar-refractivity contribution in [1.82, 2.24) is 15.4 Å². The fourth-order valence-corrected chi connectivity index (χ4v) is 0.210. The molecule has 1 aromatic heterocycles. The van der Waals surface area contributed by atoms with Gasteiger partial charge in [-0.15, -0.1) is 5.10 Å². The van der Waals surface area contributed by atoms with Gasteiger partial charge in [-0.3, -0.25) is 5.10 Å². The minimum absolute atomic E-state index is 0. The van der Waals surface area contributed by atoms with Crippen molar-refractivity contribution in [3.63, 3.8) is 0 Å². The number of rotatable bonds is 0. The van der Waals surface area contributed by atoms with Gasteiger partial charge in [0.05, 0.1) is 6.20 Å². The number of aromatic nitrogens is 3. The fourth-order valence-electron chi connectivity index (χ4n) is 0.210. The van der Waals surface area contributed by atoms with Gasteiger partial charge in [0.25, 0.3) is 0 Å². The van der Waals surface area contributed by atoms with Crippen molar-refractivity contribution < 1.29 is 17.1 Å². The Morgan fingerprint density at radius 2 is 2.43 bits per heavy atom. The average molecular weight is 148 g/mol. The molecule has 0 saturated carbocycles. The second kappa shape index (κ2) is 2.60. The fraction of sp³-hybridized carbons (Fsp3) is 0. The topological polar surface area (TPSA) is 67.6 Å². The standard InChI is InChI=1S/C2H4N4.Cu/c3-2-1-4-6-5-2;/h1H,(H3,3,4,5,6);. The Morgan fingerprint density at radius 1 is 1.71 bits per heavy atom. The predicted octanol–water partition coefficient (Wildman–Crippen LogP) is -0.616. The molecule has 43 valence electrons. The molecule has 0 aliphatic heterocycles. The van der Waals surface area contributed by atoms with E-state index in [9.17, 15) is 0 Å². The molecule has 0 unspecified atom stereocenters. The third-order valence-corrected chi connectivity index (χ3v) is 0.436. The molecule has 4 nitrogen and oxygen atoms in total. The van der Waals surface area contributed by atoms with Crippen LogP contribution < -0.4 is 5.73 Å². The van der Waals surface area contributed by atoms with Crippen molar-refractivity contribution in [2.24, 2.45) is 0 Å². The molecule has 1 rings (SSSR count). The molecule has 7 heavy (non-hydrogen) atoms. The van der Waals surface area contributed by atoms with E-state index in [1.165, 1.54) is 6.20 Å². The zero-order chi connectivity index (χ0) is 4.41. The van der Waals surface area contributed by atoms with Crippen molar-refractivity contribution in [3.05, 3.63) is 6.20 Å². The maximum absolute atomic E-state index is 5.07. The van der Waals surface area contributed by atoms with Gasteiger partial charge in [0.15, 0.2) is 5.82 Å². The van der Waals surface area contributed by atoms with Gasteiger partial charge in [0.1, 0.15) is 0 Å². The third-order valence-electron chi connectivity index (χ3n) is 0.436. The second-order valence-electron chi connectivity index (χ2n) is 0.898. The Bertz CT molecular complexity index is 113. The quantitative estimate of drug-likeness (QED) is 0.481. The van der Waals surface area contributed by atoms with E-state index in [-0.39, 0.29) is 17.1 Å². The molecule has 0 fully saturated rings. The van der Waals surface area contributed by atoms with Crippen LogP contribution in [0.15, 0.2) is 6.20 Å². The van der Waals surface area contributed by atoms with E-state index in [4.69, 9.17) is 5.73 Å². The van der Waals surface area contributed by atoms with Crippen LogP contribution in [0.25, 0.3) is 0 Å². The van der Waals surface area contributed by atoms with E-state index in [1.807, 2.05) is 0 Å². The van der Waals surface area contributed by atoms with E-state index in [2.05, 4.69) is 15.4 Å². The van der Waals surface area contributed by atoms with Crippen LogP contribution in [0.2, 0.25) is 0 Å². The number of anilines is 1. The summed E-state index contributed by atoms with van der Waals surface area (Å²) in [6, 6.07) is 0. The van der Waals surface area contributed by atoms with E-state index in [1.54, 1.807) is 0 Å². The van der Waals surface area contributed by atoms with Gasteiger partial charge >= 0.3 is 0 Å². The average Bonchev–Trinajstić information content (AvgIpc) is 1.86. The van der Waals surface area contributed by atoms with Crippen molar-refractivity contribution in [3.8, 4) is 0 Å². The first-order valence-corrected chi connectivity index (χ1v) is 1.51. The van der Waals surface area contributed by atoms with Crippen LogP contribution in [0.4, 0.5) is 5.82 Å². The largest absolute Gasteiger partial charge is 0.381 e. The Balaban J connectivity index is 0.000000360. The molecule has 1 radical (unpaired) electrons. The van der Waals surface area contributed by atoms with Crippen LogP contribution in [0, 0.1) is 0 Å². The van der Waals surface area contributed by atoms with Crippen molar-refractivity contribution in [2.45, 2.75) is 0 Å². The van der Waals surface area contributed by atoms with Crippen LogP contribution >= 0.6 is 0 Å². The Hall–Kier alpha value is -0.541. The summed E-state index contributed by atoms with van der Waals surface area (Å²) in [7, 11) is 0. The van der Waals surface area contributed by atoms with Gasteiger partial charge in [-0.25, -0.2) is 0 Å². The maximum Gasteiger partial charge on any atom is 0.165 e. The summed E-state index contributed by atoms with van der Waals surface area (Å²) < 4.78 is 0. The Morgan fingerprint density at radius 3 is 2.57 bits per heavy atom. The molecule has 0 spiro atoms. The molecule has 0 atom stereocenters. The predicted molar refractivity (Wildman–Crippen MR) is 20.8 cm³/mol. The summed E-state index contributed by atoms with van der Waals surface area (Å²) in [5, 5.41) is 9.15. The number of nitrogens with two attached hydrogens (primary N) is 1. The number of hydrogen-bond acceptors (Lipinski definition) is 3. The monoisotopic (exact) mass is 147 g/mol. The molecular weight excluding hydrogens is 144 g/mol. The summed E-state index contributed by atoms with van der Waals surface area (Å²) in [5.74, 6) is 0.426.